The topological polar surface area (TPSA) is 88.4 Å². The van der Waals surface area contributed by atoms with Crippen LogP contribution in [0.1, 0.15) is 25.0 Å². The Hall–Kier alpha value is -2.68. The van der Waals surface area contributed by atoms with Gasteiger partial charge in [-0.3, -0.25) is 4.79 Å². The fraction of sp³-hybridized carbons (Fsp3) is 0.600. The number of nitrogens with zero attached hydrogens (tertiary/aromatic N) is 6. The molecule has 0 unspecified atom stereocenters. The minimum Gasteiger partial charge on any atom is -0.378 e. The van der Waals surface area contributed by atoms with Crippen LogP contribution in [0, 0.1) is 5.92 Å². The highest BCUT2D eigenvalue weighted by Gasteiger charge is 2.35. The summed E-state index contributed by atoms with van der Waals surface area (Å²) >= 11 is 0. The van der Waals surface area contributed by atoms with Crippen LogP contribution in [0.2, 0.25) is 0 Å². The van der Waals surface area contributed by atoms with Gasteiger partial charge in [-0.15, -0.1) is 0 Å². The molecule has 0 aromatic carbocycles. The van der Waals surface area contributed by atoms with Gasteiger partial charge < -0.3 is 24.4 Å². The Morgan fingerprint density at radius 2 is 1.86 bits per heavy atom. The highest BCUT2D eigenvalue weighted by Crippen LogP contribution is 2.36. The average molecular weight is 397 g/mol. The lowest BCUT2D eigenvalue weighted by Crippen LogP contribution is -2.48. The lowest BCUT2D eigenvalue weighted by Gasteiger charge is -2.42. The van der Waals surface area contributed by atoms with Gasteiger partial charge in [0.2, 0.25) is 17.8 Å². The second kappa shape index (κ2) is 7.62. The maximum absolute atomic E-state index is 12.3. The summed E-state index contributed by atoms with van der Waals surface area (Å²) in [6.45, 7) is 8.20. The fourth-order valence-corrected chi connectivity index (χ4v) is 4.70. The molecule has 29 heavy (non-hydrogen) atoms. The maximum Gasteiger partial charge on any atom is 0.250 e. The number of rotatable bonds is 4. The summed E-state index contributed by atoms with van der Waals surface area (Å²) in [4.78, 5) is 30.9. The number of fused-ring (bicyclic) bond motifs is 4. The van der Waals surface area contributed by atoms with Crippen LogP contribution >= 0.6 is 0 Å². The molecule has 2 saturated heterocycles. The van der Waals surface area contributed by atoms with Crippen molar-refractivity contribution in [1.82, 2.24) is 19.5 Å². The van der Waals surface area contributed by atoms with Gasteiger partial charge in [0.05, 0.1) is 13.2 Å². The third-order valence-corrected chi connectivity index (χ3v) is 6.00. The molecule has 3 aliphatic rings. The molecule has 1 N–H and O–H groups in total. The van der Waals surface area contributed by atoms with E-state index in [-0.39, 0.29) is 5.56 Å². The van der Waals surface area contributed by atoms with Gasteiger partial charge in [-0.05, 0) is 25.3 Å². The standard InChI is InChI=1S/C20H27N7O2/c1-2-21-18-22-19(25-6-8-29-9-7-25)24-20(23-18)26-11-14-10-15(13-26)16-4-3-5-17(28)27(16)12-14/h3-5,14-15H,2,6-13H2,1H3,(H,21,22,23,24)/t14-,15-/m0/s1. The van der Waals surface area contributed by atoms with E-state index in [4.69, 9.17) is 14.7 Å². The zero-order chi connectivity index (χ0) is 19.8. The predicted octanol–water partition coefficient (Wildman–Crippen LogP) is 0.925. The molecule has 0 radical (unpaired) electrons. The number of nitrogens with one attached hydrogen (secondary N) is 1. The first kappa shape index (κ1) is 18.4. The van der Waals surface area contributed by atoms with Gasteiger partial charge >= 0.3 is 0 Å². The second-order valence-corrected chi connectivity index (χ2v) is 7.99. The Labute approximate surface area is 169 Å². The number of pyridine rings is 1. The van der Waals surface area contributed by atoms with Crippen molar-refractivity contribution in [3.63, 3.8) is 0 Å². The largest absolute Gasteiger partial charge is 0.378 e. The summed E-state index contributed by atoms with van der Waals surface area (Å²) in [5.74, 6) is 2.79. The van der Waals surface area contributed by atoms with Gasteiger partial charge in [0.15, 0.2) is 0 Å². The average Bonchev–Trinajstić information content (AvgIpc) is 2.75. The van der Waals surface area contributed by atoms with Crippen LogP contribution in [0.25, 0.3) is 0 Å². The van der Waals surface area contributed by atoms with Crippen molar-refractivity contribution in [3.05, 3.63) is 34.2 Å². The second-order valence-electron chi connectivity index (χ2n) is 7.99. The van der Waals surface area contributed by atoms with E-state index in [0.717, 1.165) is 57.3 Å². The monoisotopic (exact) mass is 397 g/mol. The Bertz CT molecular complexity index is 941. The maximum atomic E-state index is 12.3. The van der Waals surface area contributed by atoms with Crippen LogP contribution in [-0.2, 0) is 11.3 Å². The van der Waals surface area contributed by atoms with Crippen molar-refractivity contribution in [2.24, 2.45) is 5.92 Å². The molecule has 2 fully saturated rings. The van der Waals surface area contributed by atoms with Gasteiger partial charge in [0, 0.05) is 56.9 Å². The zero-order valence-electron chi connectivity index (χ0n) is 16.8. The van der Waals surface area contributed by atoms with E-state index in [9.17, 15) is 4.79 Å². The molecule has 2 atom stereocenters. The van der Waals surface area contributed by atoms with E-state index in [1.54, 1.807) is 6.07 Å². The van der Waals surface area contributed by atoms with Crippen molar-refractivity contribution in [2.45, 2.75) is 25.8 Å². The summed E-state index contributed by atoms with van der Waals surface area (Å²) in [7, 11) is 0. The van der Waals surface area contributed by atoms with Crippen LogP contribution in [0.5, 0.6) is 0 Å². The summed E-state index contributed by atoms with van der Waals surface area (Å²) in [6, 6.07) is 5.62. The number of hydrogen-bond acceptors (Lipinski definition) is 8. The first-order chi connectivity index (χ1) is 14.2. The van der Waals surface area contributed by atoms with E-state index in [0.29, 0.717) is 36.9 Å². The summed E-state index contributed by atoms with van der Waals surface area (Å²) < 4.78 is 7.42. The van der Waals surface area contributed by atoms with Gasteiger partial charge in [-0.25, -0.2) is 0 Å². The molecule has 2 aromatic rings. The van der Waals surface area contributed by atoms with Gasteiger partial charge in [0.1, 0.15) is 0 Å². The van der Waals surface area contributed by atoms with Crippen molar-refractivity contribution < 1.29 is 4.74 Å². The molecule has 0 saturated carbocycles. The van der Waals surface area contributed by atoms with Crippen molar-refractivity contribution in [1.29, 1.82) is 0 Å². The zero-order valence-corrected chi connectivity index (χ0v) is 16.8. The molecule has 154 valence electrons. The Morgan fingerprint density at radius 3 is 2.66 bits per heavy atom. The van der Waals surface area contributed by atoms with Crippen LogP contribution < -0.4 is 20.7 Å². The first-order valence-corrected chi connectivity index (χ1v) is 10.5. The van der Waals surface area contributed by atoms with E-state index in [2.05, 4.69) is 26.2 Å². The normalized spacial score (nSPS) is 23.6. The van der Waals surface area contributed by atoms with Crippen molar-refractivity contribution >= 4 is 17.8 Å². The summed E-state index contributed by atoms with van der Waals surface area (Å²) in [5, 5.41) is 3.25. The van der Waals surface area contributed by atoms with Gasteiger partial charge in [0.25, 0.3) is 5.56 Å². The Morgan fingerprint density at radius 1 is 1.07 bits per heavy atom. The minimum absolute atomic E-state index is 0.106. The van der Waals surface area contributed by atoms with Gasteiger partial charge in [-0.2, -0.15) is 15.0 Å². The Balaban J connectivity index is 1.46. The first-order valence-electron chi connectivity index (χ1n) is 10.5. The molecule has 2 aromatic heterocycles. The molecule has 5 heterocycles. The van der Waals surface area contributed by atoms with Crippen LogP contribution in [-0.4, -0.2) is 65.5 Å². The number of morpholine rings is 1. The van der Waals surface area contributed by atoms with E-state index in [1.165, 1.54) is 0 Å². The third kappa shape index (κ3) is 3.55. The summed E-state index contributed by atoms with van der Waals surface area (Å²) in [6.07, 6.45) is 1.11. The molecule has 0 spiro atoms. The molecular formula is C20H27N7O2. The molecule has 2 bridgehead atoms. The highest BCUT2D eigenvalue weighted by atomic mass is 16.5. The van der Waals surface area contributed by atoms with E-state index < -0.39 is 0 Å². The van der Waals surface area contributed by atoms with Crippen molar-refractivity contribution in [3.8, 4) is 0 Å². The van der Waals surface area contributed by atoms with Crippen LogP contribution in [0.15, 0.2) is 23.0 Å². The van der Waals surface area contributed by atoms with Crippen molar-refractivity contribution in [2.75, 3.05) is 61.1 Å². The predicted molar refractivity (Wildman–Crippen MR) is 111 cm³/mol. The Kier molecular flexibility index (Phi) is 4.83. The van der Waals surface area contributed by atoms with E-state index in [1.807, 2.05) is 17.6 Å². The molecule has 3 aliphatic heterocycles. The lowest BCUT2D eigenvalue weighted by atomic mass is 9.83. The van der Waals surface area contributed by atoms with Gasteiger partial charge in [-0.1, -0.05) is 6.07 Å². The number of aromatic nitrogens is 4. The fourth-order valence-electron chi connectivity index (χ4n) is 4.70. The highest BCUT2D eigenvalue weighted by molar-refractivity contribution is 5.46. The summed E-state index contributed by atoms with van der Waals surface area (Å²) in [5.41, 5.74) is 1.24. The molecule has 5 rings (SSSR count). The van der Waals surface area contributed by atoms with E-state index >= 15 is 0 Å². The molecule has 0 aliphatic carbocycles. The number of piperidine rings is 1. The molecule has 9 heteroatoms. The quantitative estimate of drug-likeness (QED) is 0.815. The molecule has 9 nitrogen and oxygen atoms in total. The number of anilines is 3. The number of hydrogen-bond donors (Lipinski definition) is 1. The third-order valence-electron chi connectivity index (χ3n) is 6.00. The van der Waals surface area contributed by atoms with Crippen LogP contribution in [0.4, 0.5) is 17.8 Å². The number of ether oxygens (including phenoxy) is 1. The SMILES string of the molecule is CCNc1nc(N2CCOCC2)nc(N2C[C@@H]3C[C@@H](C2)c2cccc(=O)n2C3)n1. The lowest BCUT2D eigenvalue weighted by molar-refractivity contribution is 0.122. The smallest absolute Gasteiger partial charge is 0.250 e. The molecule has 0 amide bonds. The molecular weight excluding hydrogens is 370 g/mol. The van der Waals surface area contributed by atoms with Crippen LogP contribution in [0.3, 0.4) is 0 Å². The minimum atomic E-state index is 0.106.